The molecular formula is C12H10ClN3O3. The third-order valence-electron chi connectivity index (χ3n) is 2.41. The topological polar surface area (TPSA) is 78.2 Å². The molecule has 6 nitrogen and oxygen atoms in total. The van der Waals surface area contributed by atoms with Gasteiger partial charge in [-0.15, -0.1) is 10.2 Å². The number of halogens is 1. The van der Waals surface area contributed by atoms with Crippen LogP contribution in [0.4, 0.5) is 5.69 Å². The van der Waals surface area contributed by atoms with Crippen molar-refractivity contribution in [3.63, 3.8) is 0 Å². The van der Waals surface area contributed by atoms with Gasteiger partial charge in [-0.3, -0.25) is 10.1 Å². The molecule has 0 fully saturated rings. The number of benzene rings is 1. The summed E-state index contributed by atoms with van der Waals surface area (Å²) in [6.07, 6.45) is 0. The van der Waals surface area contributed by atoms with Crippen LogP contribution in [-0.2, 0) is 0 Å². The first kappa shape index (κ1) is 13.2. The van der Waals surface area contributed by atoms with Gasteiger partial charge < -0.3 is 4.74 Å². The molecule has 0 saturated heterocycles. The van der Waals surface area contributed by atoms with Gasteiger partial charge in [0.05, 0.1) is 4.92 Å². The molecule has 0 amide bonds. The van der Waals surface area contributed by atoms with Crippen molar-refractivity contribution in [2.75, 3.05) is 0 Å². The number of ether oxygens (including phenoxy) is 1. The number of aromatic nitrogens is 2. The summed E-state index contributed by atoms with van der Waals surface area (Å²) in [5, 5.41) is 18.6. The number of aryl methyl sites for hydroxylation is 2. The molecular weight excluding hydrogens is 270 g/mol. The molecule has 1 aromatic carbocycles. The zero-order valence-corrected chi connectivity index (χ0v) is 11.0. The van der Waals surface area contributed by atoms with E-state index in [9.17, 15) is 10.1 Å². The predicted molar refractivity (Wildman–Crippen MR) is 69.7 cm³/mol. The van der Waals surface area contributed by atoms with Gasteiger partial charge >= 0.3 is 5.69 Å². The van der Waals surface area contributed by atoms with Crippen LogP contribution in [0.15, 0.2) is 24.3 Å². The van der Waals surface area contributed by atoms with Crippen LogP contribution in [0.2, 0.25) is 5.15 Å². The van der Waals surface area contributed by atoms with Crippen molar-refractivity contribution in [1.29, 1.82) is 0 Å². The van der Waals surface area contributed by atoms with Gasteiger partial charge in [-0.2, -0.15) is 0 Å². The maximum atomic E-state index is 11.0. The Balaban J connectivity index is 2.44. The minimum absolute atomic E-state index is 0.103. The summed E-state index contributed by atoms with van der Waals surface area (Å²) < 4.78 is 5.44. The first-order chi connectivity index (χ1) is 8.97. The average molecular weight is 280 g/mol. The summed E-state index contributed by atoms with van der Waals surface area (Å²) in [5.41, 5.74) is 1.34. The number of rotatable bonds is 3. The molecule has 0 aliphatic carbocycles. The van der Waals surface area contributed by atoms with E-state index in [-0.39, 0.29) is 22.5 Å². The Bertz CT molecular complexity index is 629. The highest BCUT2D eigenvalue weighted by Crippen LogP contribution is 2.34. The van der Waals surface area contributed by atoms with Crippen molar-refractivity contribution in [3.05, 3.63) is 50.7 Å². The molecule has 0 unspecified atom stereocenters. The molecule has 0 saturated carbocycles. The van der Waals surface area contributed by atoms with E-state index >= 15 is 0 Å². The molecule has 0 aliphatic rings. The molecule has 2 rings (SSSR count). The lowest BCUT2D eigenvalue weighted by Crippen LogP contribution is -1.98. The van der Waals surface area contributed by atoms with E-state index in [0.717, 1.165) is 5.56 Å². The SMILES string of the molecule is Cc1cc(C)c(Oc2ccc(Cl)nn2)c([N+](=O)[O-])c1. The average Bonchev–Trinajstić information content (AvgIpc) is 2.34. The number of hydrogen-bond donors (Lipinski definition) is 0. The molecule has 1 aromatic heterocycles. The molecule has 2 aromatic rings. The van der Waals surface area contributed by atoms with Gasteiger partial charge in [0.2, 0.25) is 11.6 Å². The molecule has 1 heterocycles. The molecule has 0 N–H and O–H groups in total. The highest BCUT2D eigenvalue weighted by atomic mass is 35.5. The quantitative estimate of drug-likeness (QED) is 0.635. The van der Waals surface area contributed by atoms with Gasteiger partial charge in [0.25, 0.3) is 0 Å². The number of nitro groups is 1. The summed E-state index contributed by atoms with van der Waals surface area (Å²) in [6, 6.07) is 6.25. The van der Waals surface area contributed by atoms with E-state index in [1.54, 1.807) is 19.9 Å². The Morgan fingerprint density at radius 3 is 2.58 bits per heavy atom. The molecule has 0 bridgehead atoms. The maximum Gasteiger partial charge on any atom is 0.312 e. The van der Waals surface area contributed by atoms with Crippen LogP contribution in [0.1, 0.15) is 11.1 Å². The highest BCUT2D eigenvalue weighted by Gasteiger charge is 2.19. The largest absolute Gasteiger partial charge is 0.430 e. The lowest BCUT2D eigenvalue weighted by molar-refractivity contribution is -0.385. The van der Waals surface area contributed by atoms with Crippen LogP contribution in [0.5, 0.6) is 11.6 Å². The summed E-state index contributed by atoms with van der Waals surface area (Å²) in [5.74, 6) is 0.312. The van der Waals surface area contributed by atoms with Gasteiger partial charge in [0.1, 0.15) is 0 Å². The van der Waals surface area contributed by atoms with Crippen molar-refractivity contribution in [1.82, 2.24) is 10.2 Å². The summed E-state index contributed by atoms with van der Waals surface area (Å²) in [7, 11) is 0. The Morgan fingerprint density at radius 2 is 2.00 bits per heavy atom. The van der Waals surface area contributed by atoms with E-state index in [1.807, 2.05) is 0 Å². The lowest BCUT2D eigenvalue weighted by Gasteiger charge is -2.08. The van der Waals surface area contributed by atoms with E-state index in [1.165, 1.54) is 18.2 Å². The fraction of sp³-hybridized carbons (Fsp3) is 0.167. The van der Waals surface area contributed by atoms with E-state index in [2.05, 4.69) is 10.2 Å². The standard InChI is InChI=1S/C12H10ClN3O3/c1-7-5-8(2)12(9(6-7)16(17)18)19-11-4-3-10(13)14-15-11/h3-6H,1-2H3. The van der Waals surface area contributed by atoms with E-state index in [4.69, 9.17) is 16.3 Å². The Morgan fingerprint density at radius 1 is 1.26 bits per heavy atom. The number of hydrogen-bond acceptors (Lipinski definition) is 5. The van der Waals surface area contributed by atoms with Crippen LogP contribution >= 0.6 is 11.6 Å². The van der Waals surface area contributed by atoms with Gasteiger partial charge in [0, 0.05) is 12.1 Å². The van der Waals surface area contributed by atoms with Crippen molar-refractivity contribution < 1.29 is 9.66 Å². The summed E-state index contributed by atoms with van der Waals surface area (Å²) in [6.45, 7) is 3.52. The number of nitro benzene ring substituents is 1. The van der Waals surface area contributed by atoms with Gasteiger partial charge in [-0.05, 0) is 31.0 Å². The second-order valence-corrected chi connectivity index (χ2v) is 4.37. The molecule has 0 radical (unpaired) electrons. The van der Waals surface area contributed by atoms with E-state index < -0.39 is 4.92 Å². The van der Waals surface area contributed by atoms with Crippen molar-refractivity contribution in [2.24, 2.45) is 0 Å². The van der Waals surface area contributed by atoms with Crippen LogP contribution in [0, 0.1) is 24.0 Å². The van der Waals surface area contributed by atoms with Gasteiger partial charge in [-0.1, -0.05) is 17.7 Å². The Labute approximate surface area is 114 Å². The summed E-state index contributed by atoms with van der Waals surface area (Å²) in [4.78, 5) is 10.6. The maximum absolute atomic E-state index is 11.0. The van der Waals surface area contributed by atoms with Crippen LogP contribution in [-0.4, -0.2) is 15.1 Å². The molecule has 7 heteroatoms. The second kappa shape index (κ2) is 5.19. The van der Waals surface area contributed by atoms with Crippen LogP contribution in [0.3, 0.4) is 0 Å². The Kier molecular flexibility index (Phi) is 3.62. The molecule has 0 atom stereocenters. The fourth-order valence-corrected chi connectivity index (χ4v) is 1.76. The van der Waals surface area contributed by atoms with Gasteiger partial charge in [-0.25, -0.2) is 0 Å². The first-order valence-corrected chi connectivity index (χ1v) is 5.78. The minimum Gasteiger partial charge on any atom is -0.430 e. The molecule has 19 heavy (non-hydrogen) atoms. The molecule has 98 valence electrons. The van der Waals surface area contributed by atoms with Crippen molar-refractivity contribution in [3.8, 4) is 11.6 Å². The molecule has 0 aliphatic heterocycles. The highest BCUT2D eigenvalue weighted by molar-refractivity contribution is 6.29. The number of nitrogens with zero attached hydrogens (tertiary/aromatic N) is 3. The van der Waals surface area contributed by atoms with Crippen molar-refractivity contribution >= 4 is 17.3 Å². The van der Waals surface area contributed by atoms with Crippen LogP contribution in [0.25, 0.3) is 0 Å². The van der Waals surface area contributed by atoms with Gasteiger partial charge in [0.15, 0.2) is 5.15 Å². The zero-order valence-electron chi connectivity index (χ0n) is 10.3. The van der Waals surface area contributed by atoms with Crippen LogP contribution < -0.4 is 4.74 Å². The minimum atomic E-state index is -0.487. The monoisotopic (exact) mass is 279 g/mol. The normalized spacial score (nSPS) is 10.3. The second-order valence-electron chi connectivity index (χ2n) is 3.98. The zero-order chi connectivity index (χ0) is 14.0. The van der Waals surface area contributed by atoms with E-state index in [0.29, 0.717) is 5.56 Å². The first-order valence-electron chi connectivity index (χ1n) is 5.40. The third kappa shape index (κ3) is 2.97. The Hall–Kier alpha value is -2.21. The fourth-order valence-electron chi connectivity index (χ4n) is 1.66. The lowest BCUT2D eigenvalue weighted by atomic mass is 10.1. The third-order valence-corrected chi connectivity index (χ3v) is 2.61. The predicted octanol–water partition coefficient (Wildman–Crippen LogP) is 3.45. The molecule has 0 spiro atoms. The summed E-state index contributed by atoms with van der Waals surface area (Å²) >= 11 is 5.61. The van der Waals surface area contributed by atoms with Crippen molar-refractivity contribution in [2.45, 2.75) is 13.8 Å². The smallest absolute Gasteiger partial charge is 0.312 e.